The highest BCUT2D eigenvalue weighted by Gasteiger charge is 2.46. The maximum atomic E-state index is 12.8. The first-order chi connectivity index (χ1) is 10.1. The summed E-state index contributed by atoms with van der Waals surface area (Å²) in [7, 11) is 0. The second kappa shape index (κ2) is 5.51. The Morgan fingerprint density at radius 1 is 1.19 bits per heavy atom. The van der Waals surface area contributed by atoms with Crippen molar-refractivity contribution in [1.29, 1.82) is 0 Å². The lowest BCUT2D eigenvalue weighted by atomic mass is 9.79. The van der Waals surface area contributed by atoms with Crippen molar-refractivity contribution in [1.82, 2.24) is 10.2 Å². The molecule has 2 fully saturated rings. The number of hydrogen-bond acceptors (Lipinski definition) is 2. The quantitative estimate of drug-likeness (QED) is 0.905. The van der Waals surface area contributed by atoms with Crippen molar-refractivity contribution in [2.75, 3.05) is 6.54 Å². The summed E-state index contributed by atoms with van der Waals surface area (Å²) < 4.78 is 0. The van der Waals surface area contributed by atoms with Gasteiger partial charge in [0.05, 0.1) is 6.54 Å². The molecule has 21 heavy (non-hydrogen) atoms. The zero-order valence-electron chi connectivity index (χ0n) is 12.5. The second-order valence-corrected chi connectivity index (χ2v) is 6.34. The Kier molecular flexibility index (Phi) is 3.70. The molecular formula is C17H22N2O2. The van der Waals surface area contributed by atoms with Gasteiger partial charge in [-0.2, -0.15) is 0 Å². The van der Waals surface area contributed by atoms with Gasteiger partial charge in [0.2, 0.25) is 11.8 Å². The van der Waals surface area contributed by atoms with Crippen LogP contribution in [0.15, 0.2) is 24.3 Å². The molecule has 1 heterocycles. The maximum Gasteiger partial charge on any atom is 0.249 e. The summed E-state index contributed by atoms with van der Waals surface area (Å²) in [4.78, 5) is 26.6. The van der Waals surface area contributed by atoms with E-state index < -0.39 is 5.54 Å². The van der Waals surface area contributed by atoms with E-state index in [0.717, 1.165) is 37.7 Å². The molecule has 2 aliphatic rings. The SMILES string of the molecule is Cc1cccc(CN2CC(=O)NC3(CCCCC3)C2=O)c1. The lowest BCUT2D eigenvalue weighted by Crippen LogP contribution is -2.66. The smallest absolute Gasteiger partial charge is 0.249 e. The summed E-state index contributed by atoms with van der Waals surface area (Å²) in [5, 5.41) is 2.98. The zero-order valence-corrected chi connectivity index (χ0v) is 12.5. The van der Waals surface area contributed by atoms with E-state index in [1.165, 1.54) is 5.56 Å². The van der Waals surface area contributed by atoms with Crippen LogP contribution in [0.5, 0.6) is 0 Å². The minimum atomic E-state index is -0.628. The van der Waals surface area contributed by atoms with E-state index in [4.69, 9.17) is 0 Å². The van der Waals surface area contributed by atoms with Gasteiger partial charge in [0, 0.05) is 6.54 Å². The Bertz CT molecular complexity index is 562. The monoisotopic (exact) mass is 286 g/mol. The van der Waals surface area contributed by atoms with Crippen LogP contribution in [0.4, 0.5) is 0 Å². The van der Waals surface area contributed by atoms with E-state index in [1.54, 1.807) is 4.90 Å². The van der Waals surface area contributed by atoms with Crippen LogP contribution in [0.2, 0.25) is 0 Å². The Labute approximate surface area is 125 Å². The Balaban J connectivity index is 1.81. The maximum absolute atomic E-state index is 12.8. The molecule has 0 atom stereocenters. The van der Waals surface area contributed by atoms with Gasteiger partial charge in [0.25, 0.3) is 0 Å². The van der Waals surface area contributed by atoms with Crippen LogP contribution in [-0.4, -0.2) is 28.8 Å². The minimum absolute atomic E-state index is 0.0239. The minimum Gasteiger partial charge on any atom is -0.340 e. The van der Waals surface area contributed by atoms with Crippen LogP contribution in [0.25, 0.3) is 0 Å². The summed E-state index contributed by atoms with van der Waals surface area (Å²) in [6.45, 7) is 2.74. The van der Waals surface area contributed by atoms with Crippen molar-refractivity contribution < 1.29 is 9.59 Å². The van der Waals surface area contributed by atoms with E-state index in [9.17, 15) is 9.59 Å². The highest BCUT2D eigenvalue weighted by atomic mass is 16.2. The van der Waals surface area contributed by atoms with E-state index in [0.29, 0.717) is 6.54 Å². The number of carbonyl (C=O) groups is 2. The summed E-state index contributed by atoms with van der Waals surface area (Å²) >= 11 is 0. The molecule has 4 nitrogen and oxygen atoms in total. The molecule has 0 aromatic heterocycles. The van der Waals surface area contributed by atoms with Gasteiger partial charge in [0.1, 0.15) is 5.54 Å². The summed E-state index contributed by atoms with van der Waals surface area (Å²) in [6, 6.07) is 8.13. The molecule has 0 unspecified atom stereocenters. The van der Waals surface area contributed by atoms with Crippen LogP contribution in [-0.2, 0) is 16.1 Å². The third-order valence-electron chi connectivity index (χ3n) is 4.57. The molecule has 4 heteroatoms. The summed E-state index contributed by atoms with van der Waals surface area (Å²) in [5.41, 5.74) is 1.63. The first-order valence-corrected chi connectivity index (χ1v) is 7.75. The topological polar surface area (TPSA) is 49.4 Å². The molecule has 1 saturated heterocycles. The third kappa shape index (κ3) is 2.80. The highest BCUT2D eigenvalue weighted by molar-refractivity contribution is 5.98. The van der Waals surface area contributed by atoms with Crippen molar-refractivity contribution in [3.8, 4) is 0 Å². The number of aryl methyl sites for hydroxylation is 1. The number of hydrogen-bond donors (Lipinski definition) is 1. The van der Waals surface area contributed by atoms with E-state index in [1.807, 2.05) is 25.1 Å². The molecule has 1 aromatic carbocycles. The molecule has 2 amide bonds. The molecule has 1 aliphatic carbocycles. The van der Waals surface area contributed by atoms with Gasteiger partial charge in [-0.3, -0.25) is 9.59 Å². The number of nitrogens with one attached hydrogen (secondary N) is 1. The van der Waals surface area contributed by atoms with Crippen molar-refractivity contribution in [2.24, 2.45) is 0 Å². The number of carbonyl (C=O) groups excluding carboxylic acids is 2. The van der Waals surface area contributed by atoms with Crippen LogP contribution in [0, 0.1) is 6.92 Å². The van der Waals surface area contributed by atoms with E-state index in [-0.39, 0.29) is 18.4 Å². The van der Waals surface area contributed by atoms with Gasteiger partial charge in [-0.15, -0.1) is 0 Å². The van der Waals surface area contributed by atoms with Gasteiger partial charge < -0.3 is 10.2 Å². The highest BCUT2D eigenvalue weighted by Crippen LogP contribution is 2.32. The summed E-state index contributed by atoms with van der Waals surface area (Å²) in [6.07, 6.45) is 4.75. The van der Waals surface area contributed by atoms with Gasteiger partial charge in [-0.05, 0) is 25.3 Å². The predicted molar refractivity (Wildman–Crippen MR) is 80.6 cm³/mol. The van der Waals surface area contributed by atoms with Gasteiger partial charge >= 0.3 is 0 Å². The van der Waals surface area contributed by atoms with Crippen LogP contribution < -0.4 is 5.32 Å². The molecule has 0 radical (unpaired) electrons. The van der Waals surface area contributed by atoms with E-state index in [2.05, 4.69) is 11.4 Å². The van der Waals surface area contributed by atoms with Gasteiger partial charge in [0.15, 0.2) is 0 Å². The van der Waals surface area contributed by atoms with Crippen molar-refractivity contribution in [3.63, 3.8) is 0 Å². The van der Waals surface area contributed by atoms with Crippen molar-refractivity contribution in [3.05, 3.63) is 35.4 Å². The van der Waals surface area contributed by atoms with Gasteiger partial charge in [-0.1, -0.05) is 49.1 Å². The number of benzene rings is 1. The molecule has 1 N–H and O–H groups in total. The largest absolute Gasteiger partial charge is 0.340 e. The molecule has 0 bridgehead atoms. The van der Waals surface area contributed by atoms with Crippen LogP contribution in [0.3, 0.4) is 0 Å². The first kappa shape index (κ1) is 14.1. The molecule has 1 saturated carbocycles. The Morgan fingerprint density at radius 3 is 2.67 bits per heavy atom. The number of rotatable bonds is 2. The normalized spacial score (nSPS) is 21.5. The Morgan fingerprint density at radius 2 is 1.95 bits per heavy atom. The fourth-order valence-electron chi connectivity index (χ4n) is 3.56. The van der Waals surface area contributed by atoms with Gasteiger partial charge in [-0.25, -0.2) is 0 Å². The number of nitrogens with zero attached hydrogens (tertiary/aromatic N) is 1. The fourth-order valence-corrected chi connectivity index (χ4v) is 3.56. The van der Waals surface area contributed by atoms with Crippen LogP contribution in [0.1, 0.15) is 43.2 Å². The number of piperazine rings is 1. The molecule has 1 spiro atoms. The zero-order chi connectivity index (χ0) is 14.9. The first-order valence-electron chi connectivity index (χ1n) is 7.75. The number of amides is 2. The Hall–Kier alpha value is -1.84. The predicted octanol–water partition coefficient (Wildman–Crippen LogP) is 2.16. The second-order valence-electron chi connectivity index (χ2n) is 6.34. The standard InChI is InChI=1S/C17H22N2O2/c1-13-6-5-7-14(10-13)11-19-12-15(20)18-17(16(19)21)8-3-2-4-9-17/h5-7,10H,2-4,8-9,11-12H2,1H3,(H,18,20). The molecular weight excluding hydrogens is 264 g/mol. The summed E-state index contributed by atoms with van der Waals surface area (Å²) in [5.74, 6) is 0.0764. The van der Waals surface area contributed by atoms with Crippen molar-refractivity contribution >= 4 is 11.8 Å². The van der Waals surface area contributed by atoms with Crippen LogP contribution >= 0.6 is 0 Å². The average molecular weight is 286 g/mol. The molecule has 1 aliphatic heterocycles. The van der Waals surface area contributed by atoms with Crippen molar-refractivity contribution in [2.45, 2.75) is 51.1 Å². The molecule has 1 aromatic rings. The third-order valence-corrected chi connectivity index (χ3v) is 4.57. The van der Waals surface area contributed by atoms with E-state index >= 15 is 0 Å². The lowest BCUT2D eigenvalue weighted by molar-refractivity contribution is -0.152. The fraction of sp³-hybridized carbons (Fsp3) is 0.529. The molecule has 112 valence electrons. The molecule has 3 rings (SSSR count). The lowest BCUT2D eigenvalue weighted by Gasteiger charge is -2.44. The average Bonchev–Trinajstić information content (AvgIpc) is 2.45.